The molecule has 2 rings (SSSR count). The van der Waals surface area contributed by atoms with Gasteiger partial charge in [-0.25, -0.2) is 0 Å². The summed E-state index contributed by atoms with van der Waals surface area (Å²) in [5, 5.41) is 3.11. The molecule has 0 aliphatic carbocycles. The second-order valence-corrected chi connectivity index (χ2v) is 8.31. The highest BCUT2D eigenvalue weighted by atomic mass is 16.2. The molecule has 1 heterocycles. The Hall–Kier alpha value is -2.04. The molecule has 1 N–H and O–H groups in total. The van der Waals surface area contributed by atoms with Gasteiger partial charge in [-0.15, -0.1) is 0 Å². The monoisotopic (exact) mass is 345 g/mol. The number of nitrogens with one attached hydrogen (secondary N) is 1. The molecule has 0 unspecified atom stereocenters. The molecule has 0 spiro atoms. The summed E-state index contributed by atoms with van der Waals surface area (Å²) in [6.07, 6.45) is 2.17. The van der Waals surface area contributed by atoms with Crippen LogP contribution < -0.4 is 10.2 Å². The lowest BCUT2D eigenvalue weighted by Gasteiger charge is -2.33. The predicted octanol–water partition coefficient (Wildman–Crippen LogP) is 2.91. The molecule has 0 saturated carbocycles. The minimum atomic E-state index is -0.000524. The van der Waals surface area contributed by atoms with Crippen LogP contribution in [0.5, 0.6) is 0 Å². The lowest BCUT2D eigenvalue weighted by molar-refractivity contribution is -0.123. The third-order valence-corrected chi connectivity index (χ3v) is 4.47. The number of benzene rings is 1. The molecule has 1 aliphatic heterocycles. The Labute approximate surface area is 151 Å². The highest BCUT2D eigenvalue weighted by Crippen LogP contribution is 2.20. The van der Waals surface area contributed by atoms with Crippen LogP contribution in [0.2, 0.25) is 0 Å². The van der Waals surface area contributed by atoms with Gasteiger partial charge in [0, 0.05) is 50.9 Å². The molecule has 2 amide bonds. The fourth-order valence-electron chi connectivity index (χ4n) is 3.07. The third kappa shape index (κ3) is 5.76. The van der Waals surface area contributed by atoms with E-state index in [9.17, 15) is 9.59 Å². The van der Waals surface area contributed by atoms with E-state index in [1.165, 1.54) is 0 Å². The summed E-state index contributed by atoms with van der Waals surface area (Å²) >= 11 is 0. The summed E-state index contributed by atoms with van der Waals surface area (Å²) in [5.74, 6) is 0.182. The van der Waals surface area contributed by atoms with Gasteiger partial charge in [0.1, 0.15) is 0 Å². The summed E-state index contributed by atoms with van der Waals surface area (Å²) < 4.78 is 0. The number of carbonyl (C=O) groups is 2. The number of nitrogens with zero attached hydrogens (tertiary/aromatic N) is 2. The molecule has 1 aromatic rings. The van der Waals surface area contributed by atoms with Crippen LogP contribution in [-0.4, -0.2) is 49.9 Å². The molecular weight excluding hydrogens is 314 g/mol. The van der Waals surface area contributed by atoms with E-state index < -0.39 is 0 Å². The van der Waals surface area contributed by atoms with Crippen molar-refractivity contribution in [1.29, 1.82) is 0 Å². The average Bonchev–Trinajstić information content (AvgIpc) is 2.53. The summed E-state index contributed by atoms with van der Waals surface area (Å²) in [5.41, 5.74) is 1.80. The first-order valence-corrected chi connectivity index (χ1v) is 9.02. The van der Waals surface area contributed by atoms with Crippen molar-refractivity contribution in [3.8, 4) is 0 Å². The largest absolute Gasteiger partial charge is 0.378 e. The minimum Gasteiger partial charge on any atom is -0.378 e. The summed E-state index contributed by atoms with van der Waals surface area (Å²) in [4.78, 5) is 28.6. The van der Waals surface area contributed by atoms with Gasteiger partial charge in [0.15, 0.2) is 0 Å². The fourth-order valence-corrected chi connectivity index (χ4v) is 3.07. The Bertz CT molecular complexity index is 594. The highest BCUT2D eigenvalue weighted by Gasteiger charge is 2.25. The quantitative estimate of drug-likeness (QED) is 0.913. The van der Waals surface area contributed by atoms with Crippen molar-refractivity contribution in [2.24, 2.45) is 5.41 Å². The zero-order chi connectivity index (χ0) is 18.6. The molecule has 0 atom stereocenters. The van der Waals surface area contributed by atoms with Gasteiger partial charge in [-0.2, -0.15) is 0 Å². The fraction of sp³-hybridized carbons (Fsp3) is 0.600. The van der Waals surface area contributed by atoms with E-state index in [0.717, 1.165) is 24.1 Å². The number of anilines is 1. The first-order chi connectivity index (χ1) is 11.7. The number of amides is 2. The van der Waals surface area contributed by atoms with Crippen LogP contribution in [0.1, 0.15) is 50.4 Å². The lowest BCUT2D eigenvalue weighted by Crippen LogP contribution is -2.47. The molecule has 5 nitrogen and oxygen atoms in total. The van der Waals surface area contributed by atoms with E-state index in [4.69, 9.17) is 0 Å². The van der Waals surface area contributed by atoms with Gasteiger partial charge in [0.2, 0.25) is 5.91 Å². The zero-order valence-electron chi connectivity index (χ0n) is 16.1. The van der Waals surface area contributed by atoms with Crippen LogP contribution in [0.25, 0.3) is 0 Å². The van der Waals surface area contributed by atoms with E-state index in [-0.39, 0.29) is 23.3 Å². The number of piperidine rings is 1. The molecule has 25 heavy (non-hydrogen) atoms. The van der Waals surface area contributed by atoms with Gasteiger partial charge in [-0.1, -0.05) is 20.8 Å². The zero-order valence-corrected chi connectivity index (χ0v) is 16.1. The van der Waals surface area contributed by atoms with Gasteiger partial charge in [-0.3, -0.25) is 9.59 Å². The van der Waals surface area contributed by atoms with Crippen LogP contribution >= 0.6 is 0 Å². The molecule has 1 aliphatic rings. The topological polar surface area (TPSA) is 52.7 Å². The first kappa shape index (κ1) is 19.3. The van der Waals surface area contributed by atoms with Gasteiger partial charge in [0.25, 0.3) is 5.91 Å². The molecule has 5 heteroatoms. The summed E-state index contributed by atoms with van der Waals surface area (Å²) in [6.45, 7) is 7.57. The van der Waals surface area contributed by atoms with Crippen LogP contribution in [0.15, 0.2) is 24.3 Å². The molecule has 138 valence electrons. The van der Waals surface area contributed by atoms with Crippen molar-refractivity contribution in [1.82, 2.24) is 10.2 Å². The number of carbonyl (C=O) groups excluding carboxylic acids is 2. The Morgan fingerprint density at radius 2 is 1.68 bits per heavy atom. The van der Waals surface area contributed by atoms with Crippen LogP contribution in [0, 0.1) is 5.41 Å². The number of rotatable bonds is 4. The van der Waals surface area contributed by atoms with E-state index >= 15 is 0 Å². The van der Waals surface area contributed by atoms with Gasteiger partial charge < -0.3 is 15.1 Å². The van der Waals surface area contributed by atoms with E-state index in [2.05, 4.69) is 26.1 Å². The Morgan fingerprint density at radius 1 is 1.12 bits per heavy atom. The number of hydrogen-bond acceptors (Lipinski definition) is 3. The molecular formula is C20H31N3O2. The predicted molar refractivity (Wildman–Crippen MR) is 102 cm³/mol. The van der Waals surface area contributed by atoms with Crippen molar-refractivity contribution in [2.75, 3.05) is 32.1 Å². The maximum Gasteiger partial charge on any atom is 0.253 e. The second-order valence-electron chi connectivity index (χ2n) is 8.31. The molecule has 1 aromatic carbocycles. The number of hydrogen-bond donors (Lipinski definition) is 1. The molecule has 1 fully saturated rings. The van der Waals surface area contributed by atoms with E-state index in [1.54, 1.807) is 0 Å². The van der Waals surface area contributed by atoms with E-state index in [1.807, 2.05) is 48.2 Å². The van der Waals surface area contributed by atoms with Gasteiger partial charge >= 0.3 is 0 Å². The van der Waals surface area contributed by atoms with E-state index in [0.29, 0.717) is 19.5 Å². The molecule has 0 bridgehead atoms. The highest BCUT2D eigenvalue weighted by molar-refractivity contribution is 5.94. The molecule has 0 aromatic heterocycles. The third-order valence-electron chi connectivity index (χ3n) is 4.47. The van der Waals surface area contributed by atoms with Crippen molar-refractivity contribution in [3.63, 3.8) is 0 Å². The SMILES string of the molecule is CN(C)c1ccc(C(=O)N2CCC(NC(=O)CC(C)(C)C)CC2)cc1. The first-order valence-electron chi connectivity index (χ1n) is 9.02. The average molecular weight is 345 g/mol. The lowest BCUT2D eigenvalue weighted by atomic mass is 9.91. The molecule has 1 saturated heterocycles. The Morgan fingerprint density at radius 3 is 2.16 bits per heavy atom. The van der Waals surface area contributed by atoms with Crippen LogP contribution in [-0.2, 0) is 4.79 Å². The van der Waals surface area contributed by atoms with Crippen molar-refractivity contribution in [2.45, 2.75) is 46.1 Å². The maximum atomic E-state index is 12.6. The minimum absolute atomic E-state index is 0.000524. The summed E-state index contributed by atoms with van der Waals surface area (Å²) in [7, 11) is 3.96. The molecule has 0 radical (unpaired) electrons. The van der Waals surface area contributed by atoms with Crippen LogP contribution in [0.3, 0.4) is 0 Å². The van der Waals surface area contributed by atoms with Crippen molar-refractivity contribution in [3.05, 3.63) is 29.8 Å². The normalized spacial score (nSPS) is 15.8. The van der Waals surface area contributed by atoms with Gasteiger partial charge in [0.05, 0.1) is 0 Å². The smallest absolute Gasteiger partial charge is 0.253 e. The second kappa shape index (κ2) is 7.89. The van der Waals surface area contributed by atoms with Crippen molar-refractivity contribution < 1.29 is 9.59 Å². The van der Waals surface area contributed by atoms with Gasteiger partial charge in [-0.05, 0) is 42.5 Å². The Kier molecular flexibility index (Phi) is 6.09. The standard InChI is InChI=1S/C20H31N3O2/c1-20(2,3)14-18(24)21-16-10-12-23(13-11-16)19(25)15-6-8-17(9-7-15)22(4)5/h6-9,16H,10-14H2,1-5H3,(H,21,24). The van der Waals surface area contributed by atoms with Crippen molar-refractivity contribution >= 4 is 17.5 Å². The van der Waals surface area contributed by atoms with Crippen LogP contribution in [0.4, 0.5) is 5.69 Å². The Balaban J connectivity index is 1.85. The maximum absolute atomic E-state index is 12.6. The number of likely N-dealkylation sites (tertiary alicyclic amines) is 1. The summed E-state index contributed by atoms with van der Waals surface area (Å²) in [6, 6.07) is 7.87.